The maximum atomic E-state index is 6.82. The fourth-order valence-electron chi connectivity index (χ4n) is 3.68. The SMILES string of the molecule is C=C(C)C[SiH2]CCC[Si]1(C)O[SiH](C)O[SiH](C)O[Si](C)(CCCOCC2CO2)O1. The second-order valence-electron chi connectivity index (χ2n) is 8.53. The summed E-state index contributed by atoms with van der Waals surface area (Å²) in [6.45, 7) is 17.1. The molecule has 0 aromatic carbocycles. The Morgan fingerprint density at radius 2 is 1.75 bits per heavy atom. The second kappa shape index (κ2) is 11.8. The number of allylic oxidation sites excluding steroid dienone is 1. The zero-order valence-corrected chi connectivity index (χ0v) is 24.2. The number of epoxide rings is 1. The van der Waals surface area contributed by atoms with Gasteiger partial charge in [0.2, 0.25) is 0 Å². The van der Waals surface area contributed by atoms with Gasteiger partial charge in [-0.05, 0) is 57.7 Å². The normalized spacial score (nSPS) is 36.4. The molecule has 0 aromatic heterocycles. The van der Waals surface area contributed by atoms with E-state index in [1.54, 1.807) is 0 Å². The van der Waals surface area contributed by atoms with Crippen molar-refractivity contribution < 1.29 is 25.9 Å². The molecule has 6 nitrogen and oxygen atoms in total. The Labute approximate surface area is 179 Å². The standard InChI is InChI=1S/C17H40O6Si5/c1-16(2)15-24-10-8-12-28(6)22-26(4)20-25(3)21-27(5,23-28)11-7-9-18-13-17-14-19-17/h17,25-26H,1,7-15,24H2,2-6H3. The van der Waals surface area contributed by atoms with Crippen molar-refractivity contribution in [2.24, 2.45) is 0 Å². The van der Waals surface area contributed by atoms with Crippen LogP contribution in [0.4, 0.5) is 0 Å². The molecule has 2 fully saturated rings. The molecule has 0 saturated carbocycles. The van der Waals surface area contributed by atoms with Crippen molar-refractivity contribution in [3.63, 3.8) is 0 Å². The van der Waals surface area contributed by atoms with Gasteiger partial charge in [0.05, 0.1) is 13.2 Å². The Balaban J connectivity index is 1.85. The first-order valence-electron chi connectivity index (χ1n) is 10.7. The van der Waals surface area contributed by atoms with Crippen LogP contribution in [-0.2, 0) is 25.9 Å². The largest absolute Gasteiger partial charge is 0.420 e. The first-order valence-corrected chi connectivity index (χ1v) is 22.0. The highest BCUT2D eigenvalue weighted by molar-refractivity contribution is 6.86. The van der Waals surface area contributed by atoms with Crippen molar-refractivity contribution in [2.45, 2.75) is 76.2 Å². The lowest BCUT2D eigenvalue weighted by molar-refractivity contribution is 0.115. The smallest absolute Gasteiger partial charge is 0.317 e. The minimum atomic E-state index is -2.31. The maximum Gasteiger partial charge on any atom is 0.317 e. The molecule has 28 heavy (non-hydrogen) atoms. The topological polar surface area (TPSA) is 58.7 Å². The van der Waals surface area contributed by atoms with Crippen LogP contribution in [0.3, 0.4) is 0 Å². The van der Waals surface area contributed by atoms with Crippen molar-refractivity contribution >= 4 is 45.2 Å². The molecule has 0 spiro atoms. The van der Waals surface area contributed by atoms with E-state index in [0.717, 1.165) is 31.7 Å². The van der Waals surface area contributed by atoms with Crippen molar-refractivity contribution in [3.8, 4) is 0 Å². The van der Waals surface area contributed by atoms with Crippen LogP contribution in [0.15, 0.2) is 12.2 Å². The van der Waals surface area contributed by atoms with Crippen molar-refractivity contribution in [1.29, 1.82) is 0 Å². The minimum Gasteiger partial charge on any atom is -0.420 e. The van der Waals surface area contributed by atoms with Gasteiger partial charge in [0.1, 0.15) is 6.10 Å². The minimum absolute atomic E-state index is 0.0429. The summed E-state index contributed by atoms with van der Waals surface area (Å²) in [5, 5.41) is 0. The molecule has 0 radical (unpaired) electrons. The summed E-state index contributed by atoms with van der Waals surface area (Å²) in [5.41, 5.74) is 1.32. The lowest BCUT2D eigenvalue weighted by Crippen LogP contribution is -2.59. The Bertz CT molecular complexity index is 497. The molecule has 2 rings (SSSR count). The van der Waals surface area contributed by atoms with E-state index < -0.39 is 35.7 Å². The number of hydrogen-bond acceptors (Lipinski definition) is 6. The summed E-state index contributed by atoms with van der Waals surface area (Å²) in [7, 11) is -7.99. The van der Waals surface area contributed by atoms with E-state index >= 15 is 0 Å². The Kier molecular flexibility index (Phi) is 10.5. The predicted octanol–water partition coefficient (Wildman–Crippen LogP) is 2.69. The first kappa shape index (κ1) is 24.9. The summed E-state index contributed by atoms with van der Waals surface area (Å²) < 4.78 is 36.9. The lowest BCUT2D eigenvalue weighted by Gasteiger charge is -2.43. The molecule has 2 heterocycles. The average molecular weight is 481 g/mol. The lowest BCUT2D eigenvalue weighted by atomic mass is 10.4. The van der Waals surface area contributed by atoms with Crippen LogP contribution in [0, 0.1) is 0 Å². The van der Waals surface area contributed by atoms with Crippen LogP contribution in [0.5, 0.6) is 0 Å². The van der Waals surface area contributed by atoms with E-state index in [0.29, 0.717) is 12.7 Å². The highest BCUT2D eigenvalue weighted by Gasteiger charge is 2.46. The van der Waals surface area contributed by atoms with Crippen LogP contribution in [-0.4, -0.2) is 71.1 Å². The Morgan fingerprint density at radius 3 is 2.32 bits per heavy atom. The monoisotopic (exact) mass is 480 g/mol. The maximum absolute atomic E-state index is 6.82. The molecule has 2 saturated heterocycles. The average Bonchev–Trinajstić information content (AvgIpc) is 3.36. The first-order chi connectivity index (χ1) is 13.2. The molecule has 0 amide bonds. The van der Waals surface area contributed by atoms with Crippen LogP contribution in [0.1, 0.15) is 19.8 Å². The second-order valence-corrected chi connectivity index (χ2v) is 22.0. The van der Waals surface area contributed by atoms with Crippen molar-refractivity contribution in [3.05, 3.63) is 12.2 Å². The van der Waals surface area contributed by atoms with E-state index in [9.17, 15) is 0 Å². The van der Waals surface area contributed by atoms with Gasteiger partial charge in [0, 0.05) is 16.1 Å². The fourth-order valence-corrected chi connectivity index (χ4v) is 23.2. The van der Waals surface area contributed by atoms with E-state index in [2.05, 4.69) is 39.7 Å². The van der Waals surface area contributed by atoms with Gasteiger partial charge in [0.25, 0.3) is 18.6 Å². The summed E-state index contributed by atoms with van der Waals surface area (Å²) in [4.78, 5) is 0. The number of rotatable bonds is 12. The van der Waals surface area contributed by atoms with Crippen LogP contribution < -0.4 is 0 Å². The van der Waals surface area contributed by atoms with E-state index in [4.69, 9.17) is 25.9 Å². The third-order valence-electron chi connectivity index (χ3n) is 5.01. The van der Waals surface area contributed by atoms with E-state index in [-0.39, 0.29) is 9.52 Å². The Hall–Kier alpha value is 0.584. The summed E-state index contributed by atoms with van der Waals surface area (Å²) in [5.74, 6) is 0. The molecule has 0 N–H and O–H groups in total. The van der Waals surface area contributed by atoms with Gasteiger partial charge >= 0.3 is 17.1 Å². The highest BCUT2D eigenvalue weighted by Crippen LogP contribution is 2.30. The zero-order valence-electron chi connectivity index (χ0n) is 18.5. The zero-order chi connectivity index (χ0) is 20.6. The van der Waals surface area contributed by atoms with Crippen molar-refractivity contribution in [2.75, 3.05) is 19.8 Å². The van der Waals surface area contributed by atoms with Gasteiger partial charge in [-0.15, -0.1) is 6.58 Å². The summed E-state index contributed by atoms with van der Waals surface area (Å²) >= 11 is 0. The quantitative estimate of drug-likeness (QED) is 0.185. The van der Waals surface area contributed by atoms with Crippen LogP contribution in [0.2, 0.25) is 50.4 Å². The molecule has 2 aliphatic heterocycles. The van der Waals surface area contributed by atoms with Gasteiger partial charge < -0.3 is 25.9 Å². The molecule has 5 unspecified atom stereocenters. The highest BCUT2D eigenvalue weighted by atomic mass is 28.5. The van der Waals surface area contributed by atoms with Gasteiger partial charge in [-0.2, -0.15) is 0 Å². The van der Waals surface area contributed by atoms with Crippen molar-refractivity contribution in [1.82, 2.24) is 0 Å². The molecule has 0 bridgehead atoms. The van der Waals surface area contributed by atoms with Gasteiger partial charge in [-0.3, -0.25) is 0 Å². The van der Waals surface area contributed by atoms with Gasteiger partial charge in [-0.1, -0.05) is 18.0 Å². The predicted molar refractivity (Wildman–Crippen MR) is 126 cm³/mol. The molecular formula is C17H40O6Si5. The molecular weight excluding hydrogens is 441 g/mol. The third-order valence-corrected chi connectivity index (χ3v) is 22.9. The molecule has 5 atom stereocenters. The van der Waals surface area contributed by atoms with Gasteiger partial charge in [0.15, 0.2) is 0 Å². The summed E-state index contributed by atoms with van der Waals surface area (Å²) in [6.07, 6.45) is 2.48. The number of ether oxygens (including phenoxy) is 2. The molecule has 0 aliphatic carbocycles. The molecule has 164 valence electrons. The number of hydrogen-bond donors (Lipinski definition) is 0. The van der Waals surface area contributed by atoms with Gasteiger partial charge in [-0.25, -0.2) is 0 Å². The van der Waals surface area contributed by atoms with E-state index in [1.165, 1.54) is 24.1 Å². The Morgan fingerprint density at radius 1 is 1.14 bits per heavy atom. The van der Waals surface area contributed by atoms with E-state index in [1.807, 2.05) is 0 Å². The molecule has 11 heteroatoms. The fraction of sp³-hybridized carbons (Fsp3) is 0.882. The van der Waals surface area contributed by atoms with Crippen LogP contribution >= 0.6 is 0 Å². The summed E-state index contributed by atoms with van der Waals surface area (Å²) in [6, 6.07) is 4.57. The molecule has 2 aliphatic rings. The van der Waals surface area contributed by atoms with Crippen LogP contribution in [0.25, 0.3) is 0 Å². The third kappa shape index (κ3) is 10.1. The molecule has 0 aromatic rings.